The third-order valence-corrected chi connectivity index (χ3v) is 2.71. The SMILES string of the molecule is CCCN(C(=O)c1cc(NCC)ccn1)C(C)C. The van der Waals surface area contributed by atoms with E-state index >= 15 is 0 Å². The van der Waals surface area contributed by atoms with Crippen molar-refractivity contribution in [3.63, 3.8) is 0 Å². The van der Waals surface area contributed by atoms with Crippen molar-refractivity contribution < 1.29 is 4.79 Å². The Morgan fingerprint density at radius 2 is 2.17 bits per heavy atom. The third kappa shape index (κ3) is 3.72. The van der Waals surface area contributed by atoms with Gasteiger partial charge >= 0.3 is 0 Å². The van der Waals surface area contributed by atoms with E-state index in [4.69, 9.17) is 0 Å². The minimum Gasteiger partial charge on any atom is -0.385 e. The average molecular weight is 249 g/mol. The molecule has 4 nitrogen and oxygen atoms in total. The lowest BCUT2D eigenvalue weighted by atomic mass is 10.2. The molecule has 0 saturated heterocycles. The van der Waals surface area contributed by atoms with Crippen molar-refractivity contribution in [1.29, 1.82) is 0 Å². The maximum absolute atomic E-state index is 12.4. The molecule has 1 heterocycles. The number of nitrogens with zero attached hydrogens (tertiary/aromatic N) is 2. The second-order valence-electron chi connectivity index (χ2n) is 4.55. The number of amides is 1. The summed E-state index contributed by atoms with van der Waals surface area (Å²) in [7, 11) is 0. The number of aromatic nitrogens is 1. The zero-order valence-corrected chi connectivity index (χ0v) is 11.7. The Balaban J connectivity index is 2.90. The lowest BCUT2D eigenvalue weighted by Crippen LogP contribution is -2.38. The van der Waals surface area contributed by atoms with Crippen molar-refractivity contribution >= 4 is 11.6 Å². The van der Waals surface area contributed by atoms with E-state index in [0.717, 1.165) is 25.2 Å². The first-order valence-corrected chi connectivity index (χ1v) is 6.61. The van der Waals surface area contributed by atoms with Crippen LogP contribution in [0.2, 0.25) is 0 Å². The molecule has 4 heteroatoms. The van der Waals surface area contributed by atoms with Gasteiger partial charge in [0.25, 0.3) is 5.91 Å². The van der Waals surface area contributed by atoms with Crippen LogP contribution in [0.5, 0.6) is 0 Å². The quantitative estimate of drug-likeness (QED) is 0.843. The summed E-state index contributed by atoms with van der Waals surface area (Å²) in [5.41, 5.74) is 1.45. The second kappa shape index (κ2) is 6.99. The van der Waals surface area contributed by atoms with Gasteiger partial charge in [-0.1, -0.05) is 6.92 Å². The molecule has 0 aliphatic heterocycles. The van der Waals surface area contributed by atoms with Gasteiger partial charge in [-0.05, 0) is 39.3 Å². The Morgan fingerprint density at radius 3 is 2.72 bits per heavy atom. The lowest BCUT2D eigenvalue weighted by Gasteiger charge is -2.26. The maximum Gasteiger partial charge on any atom is 0.272 e. The molecule has 0 unspecified atom stereocenters. The fraction of sp³-hybridized carbons (Fsp3) is 0.571. The topological polar surface area (TPSA) is 45.2 Å². The Bertz CT molecular complexity index is 390. The summed E-state index contributed by atoms with van der Waals surface area (Å²) in [6.45, 7) is 9.76. The van der Waals surface area contributed by atoms with Crippen LogP contribution in [0.3, 0.4) is 0 Å². The van der Waals surface area contributed by atoms with E-state index in [1.807, 2.05) is 37.8 Å². The standard InChI is InChI=1S/C14H23N3O/c1-5-9-17(11(3)4)14(18)13-10-12(15-6-2)7-8-16-13/h7-8,10-11H,5-6,9H2,1-4H3,(H,15,16). The molecule has 0 aromatic carbocycles. The fourth-order valence-corrected chi connectivity index (χ4v) is 1.84. The van der Waals surface area contributed by atoms with Gasteiger partial charge in [-0.25, -0.2) is 0 Å². The van der Waals surface area contributed by atoms with Crippen LogP contribution in [0, 0.1) is 0 Å². The van der Waals surface area contributed by atoms with Gasteiger partial charge in [-0.3, -0.25) is 9.78 Å². The Hall–Kier alpha value is -1.58. The Labute approximate surface area is 109 Å². The molecule has 0 spiro atoms. The normalized spacial score (nSPS) is 10.5. The zero-order chi connectivity index (χ0) is 13.5. The molecule has 0 atom stereocenters. The van der Waals surface area contributed by atoms with E-state index in [-0.39, 0.29) is 11.9 Å². The largest absolute Gasteiger partial charge is 0.385 e. The summed E-state index contributed by atoms with van der Waals surface area (Å²) < 4.78 is 0. The molecule has 0 fully saturated rings. The highest BCUT2D eigenvalue weighted by Crippen LogP contribution is 2.12. The Morgan fingerprint density at radius 1 is 1.44 bits per heavy atom. The van der Waals surface area contributed by atoms with Crippen molar-refractivity contribution in [3.8, 4) is 0 Å². The van der Waals surface area contributed by atoms with E-state index in [0.29, 0.717) is 5.69 Å². The summed E-state index contributed by atoms with van der Waals surface area (Å²) in [6.07, 6.45) is 2.63. The van der Waals surface area contributed by atoms with Gasteiger partial charge in [-0.15, -0.1) is 0 Å². The summed E-state index contributed by atoms with van der Waals surface area (Å²) >= 11 is 0. The van der Waals surface area contributed by atoms with Crippen molar-refractivity contribution in [3.05, 3.63) is 24.0 Å². The van der Waals surface area contributed by atoms with E-state index in [1.165, 1.54) is 0 Å². The summed E-state index contributed by atoms with van der Waals surface area (Å²) in [4.78, 5) is 18.4. The van der Waals surface area contributed by atoms with E-state index < -0.39 is 0 Å². The molecular weight excluding hydrogens is 226 g/mol. The highest BCUT2D eigenvalue weighted by atomic mass is 16.2. The van der Waals surface area contributed by atoms with Crippen molar-refractivity contribution in [2.24, 2.45) is 0 Å². The van der Waals surface area contributed by atoms with Crippen LogP contribution >= 0.6 is 0 Å². The zero-order valence-electron chi connectivity index (χ0n) is 11.7. The number of carbonyl (C=O) groups is 1. The molecule has 1 amide bonds. The van der Waals surface area contributed by atoms with Crippen LogP contribution in [-0.4, -0.2) is 34.9 Å². The van der Waals surface area contributed by atoms with Crippen LogP contribution in [0.4, 0.5) is 5.69 Å². The van der Waals surface area contributed by atoms with Gasteiger partial charge in [0.15, 0.2) is 0 Å². The number of pyridine rings is 1. The van der Waals surface area contributed by atoms with Crippen LogP contribution in [0.15, 0.2) is 18.3 Å². The number of rotatable bonds is 6. The smallest absolute Gasteiger partial charge is 0.272 e. The monoisotopic (exact) mass is 249 g/mol. The van der Waals surface area contributed by atoms with Crippen LogP contribution in [-0.2, 0) is 0 Å². The number of anilines is 1. The Kier molecular flexibility index (Phi) is 5.62. The highest BCUT2D eigenvalue weighted by Gasteiger charge is 2.19. The third-order valence-electron chi connectivity index (χ3n) is 2.71. The lowest BCUT2D eigenvalue weighted by molar-refractivity contribution is 0.0700. The summed E-state index contributed by atoms with van der Waals surface area (Å²) in [5, 5.41) is 3.19. The first kappa shape index (κ1) is 14.5. The average Bonchev–Trinajstić information content (AvgIpc) is 2.35. The van der Waals surface area contributed by atoms with E-state index in [9.17, 15) is 4.79 Å². The number of hydrogen-bond acceptors (Lipinski definition) is 3. The molecule has 0 aliphatic carbocycles. The molecule has 100 valence electrons. The predicted octanol–water partition coefficient (Wildman–Crippen LogP) is 2.77. The van der Waals surface area contributed by atoms with Gasteiger partial charge in [0.1, 0.15) is 5.69 Å². The first-order valence-electron chi connectivity index (χ1n) is 6.61. The van der Waals surface area contributed by atoms with Gasteiger partial charge in [0.05, 0.1) is 0 Å². The number of carbonyl (C=O) groups excluding carboxylic acids is 1. The van der Waals surface area contributed by atoms with Gasteiger partial charge in [0, 0.05) is 31.0 Å². The van der Waals surface area contributed by atoms with Crippen molar-refractivity contribution in [1.82, 2.24) is 9.88 Å². The van der Waals surface area contributed by atoms with Crippen LogP contribution in [0.25, 0.3) is 0 Å². The fourth-order valence-electron chi connectivity index (χ4n) is 1.84. The molecule has 1 aromatic rings. The molecule has 18 heavy (non-hydrogen) atoms. The van der Waals surface area contributed by atoms with E-state index in [2.05, 4.69) is 17.2 Å². The van der Waals surface area contributed by atoms with Gasteiger partial charge in [0.2, 0.25) is 0 Å². The molecule has 0 bridgehead atoms. The number of hydrogen-bond donors (Lipinski definition) is 1. The highest BCUT2D eigenvalue weighted by molar-refractivity contribution is 5.93. The number of nitrogens with one attached hydrogen (secondary N) is 1. The van der Waals surface area contributed by atoms with Gasteiger partial charge in [-0.2, -0.15) is 0 Å². The maximum atomic E-state index is 12.4. The molecule has 1 aromatic heterocycles. The molecule has 0 saturated carbocycles. The van der Waals surface area contributed by atoms with Crippen molar-refractivity contribution in [2.75, 3.05) is 18.4 Å². The van der Waals surface area contributed by atoms with Crippen LogP contribution in [0.1, 0.15) is 44.6 Å². The molecular formula is C14H23N3O. The summed E-state index contributed by atoms with van der Waals surface area (Å²) in [5.74, 6) is 0.00611. The van der Waals surface area contributed by atoms with Gasteiger partial charge < -0.3 is 10.2 Å². The molecule has 1 rings (SSSR count). The second-order valence-corrected chi connectivity index (χ2v) is 4.55. The first-order chi connectivity index (χ1) is 8.60. The minimum absolute atomic E-state index is 0.00611. The van der Waals surface area contributed by atoms with Crippen molar-refractivity contribution in [2.45, 2.75) is 40.2 Å². The predicted molar refractivity (Wildman–Crippen MR) is 74.9 cm³/mol. The summed E-state index contributed by atoms with van der Waals surface area (Å²) in [6, 6.07) is 3.89. The molecule has 0 radical (unpaired) electrons. The molecule has 0 aliphatic rings. The van der Waals surface area contributed by atoms with Crippen LogP contribution < -0.4 is 5.32 Å². The van der Waals surface area contributed by atoms with E-state index in [1.54, 1.807) is 6.20 Å². The minimum atomic E-state index is 0.00611. The molecule has 1 N–H and O–H groups in total.